The first-order chi connectivity index (χ1) is 6.45. The minimum absolute atomic E-state index is 0.0864. The van der Waals surface area contributed by atoms with Crippen LogP contribution in [0.4, 0.5) is 13.2 Å². The Morgan fingerprint density at radius 2 is 1.86 bits per heavy atom. The largest absolute Gasteiger partial charge is 0.417 e. The predicted octanol–water partition coefficient (Wildman–Crippen LogP) is 4.41. The molecule has 0 unspecified atom stereocenters. The van der Waals surface area contributed by atoms with Crippen molar-refractivity contribution in [1.29, 1.82) is 0 Å². The zero-order chi connectivity index (χ0) is 10.8. The van der Waals surface area contributed by atoms with Crippen LogP contribution in [0.25, 0.3) is 0 Å². The lowest BCUT2D eigenvalue weighted by Crippen LogP contribution is -2.06. The molecule has 78 valence electrons. The third-order valence-corrected chi connectivity index (χ3v) is 2.81. The second kappa shape index (κ2) is 4.66. The van der Waals surface area contributed by atoms with Gasteiger partial charge in [-0.2, -0.15) is 13.2 Å². The van der Waals surface area contributed by atoms with Gasteiger partial charge in [0.15, 0.2) is 0 Å². The Morgan fingerprint density at radius 1 is 1.21 bits per heavy atom. The molecule has 0 amide bonds. The van der Waals surface area contributed by atoms with Gasteiger partial charge in [-0.05, 0) is 24.1 Å². The maximum Gasteiger partial charge on any atom is 0.417 e. The van der Waals surface area contributed by atoms with Gasteiger partial charge >= 0.3 is 6.18 Å². The van der Waals surface area contributed by atoms with Gasteiger partial charge in [0.2, 0.25) is 0 Å². The fourth-order valence-corrected chi connectivity index (χ4v) is 1.98. The molecule has 5 heteroatoms. The van der Waals surface area contributed by atoms with Crippen molar-refractivity contribution in [2.24, 2.45) is 0 Å². The van der Waals surface area contributed by atoms with Gasteiger partial charge in [-0.15, -0.1) is 0 Å². The van der Waals surface area contributed by atoms with Crippen LogP contribution in [0, 0.1) is 0 Å². The minimum atomic E-state index is -4.29. The molecular weight excluding hydrogens is 325 g/mol. The lowest BCUT2D eigenvalue weighted by Gasteiger charge is -2.10. The average molecular weight is 332 g/mol. The molecule has 0 aliphatic rings. The van der Waals surface area contributed by atoms with E-state index >= 15 is 0 Å². The Bertz CT molecular complexity index is 320. The molecular formula is C9H7Br2F3. The molecule has 0 aliphatic carbocycles. The van der Waals surface area contributed by atoms with Crippen molar-refractivity contribution in [2.45, 2.75) is 12.6 Å². The third kappa shape index (κ3) is 2.98. The number of hydrogen-bond donors (Lipinski definition) is 0. The van der Waals surface area contributed by atoms with E-state index in [0.717, 1.165) is 0 Å². The molecule has 1 aromatic carbocycles. The lowest BCUT2D eigenvalue weighted by atomic mass is 10.1. The summed E-state index contributed by atoms with van der Waals surface area (Å²) >= 11 is 6.07. The number of benzene rings is 1. The van der Waals surface area contributed by atoms with Crippen LogP contribution in [0.1, 0.15) is 11.1 Å². The zero-order valence-electron chi connectivity index (χ0n) is 7.04. The van der Waals surface area contributed by atoms with E-state index in [2.05, 4.69) is 31.9 Å². The molecule has 1 aromatic rings. The standard InChI is InChI=1S/C9H7Br2F3/c10-4-3-6-1-2-8(11)7(5-6)9(12,13)14/h1-2,5H,3-4H2. The van der Waals surface area contributed by atoms with Crippen molar-refractivity contribution in [2.75, 3.05) is 5.33 Å². The number of aryl methyl sites for hydroxylation is 1. The summed E-state index contributed by atoms with van der Waals surface area (Å²) in [5, 5.41) is 0.659. The van der Waals surface area contributed by atoms with Gasteiger partial charge in [-0.25, -0.2) is 0 Å². The molecule has 0 saturated carbocycles. The van der Waals surface area contributed by atoms with E-state index in [9.17, 15) is 13.2 Å². The van der Waals surface area contributed by atoms with E-state index in [1.807, 2.05) is 0 Å². The summed E-state index contributed by atoms with van der Waals surface area (Å²) < 4.78 is 37.4. The second-order valence-electron chi connectivity index (χ2n) is 2.75. The summed E-state index contributed by atoms with van der Waals surface area (Å²) in [6, 6.07) is 4.28. The smallest absolute Gasteiger partial charge is 0.166 e. The molecule has 0 saturated heterocycles. The summed E-state index contributed by atoms with van der Waals surface area (Å²) in [6.07, 6.45) is -3.70. The summed E-state index contributed by atoms with van der Waals surface area (Å²) in [7, 11) is 0. The van der Waals surface area contributed by atoms with Crippen LogP contribution in [-0.4, -0.2) is 5.33 Å². The predicted molar refractivity (Wildman–Crippen MR) is 56.6 cm³/mol. The summed E-state index contributed by atoms with van der Waals surface area (Å²) in [4.78, 5) is 0. The second-order valence-corrected chi connectivity index (χ2v) is 4.40. The number of hydrogen-bond acceptors (Lipinski definition) is 0. The van der Waals surface area contributed by atoms with Crippen LogP contribution in [0.5, 0.6) is 0 Å². The number of alkyl halides is 4. The van der Waals surface area contributed by atoms with Gasteiger partial charge in [0.05, 0.1) is 5.56 Å². The average Bonchev–Trinajstić information content (AvgIpc) is 2.07. The van der Waals surface area contributed by atoms with Crippen molar-refractivity contribution in [3.63, 3.8) is 0 Å². The highest BCUT2D eigenvalue weighted by Crippen LogP contribution is 2.35. The van der Waals surface area contributed by atoms with E-state index < -0.39 is 11.7 Å². The molecule has 1 rings (SSSR count). The molecule has 0 radical (unpaired) electrons. The normalized spacial score (nSPS) is 11.8. The molecule has 0 aromatic heterocycles. The van der Waals surface area contributed by atoms with Gasteiger partial charge in [0, 0.05) is 9.80 Å². The lowest BCUT2D eigenvalue weighted by molar-refractivity contribution is -0.138. The molecule has 0 aliphatic heterocycles. The molecule has 14 heavy (non-hydrogen) atoms. The maximum absolute atomic E-state index is 12.4. The Labute approximate surface area is 96.8 Å². The Morgan fingerprint density at radius 3 is 2.36 bits per heavy atom. The Balaban J connectivity index is 3.09. The maximum atomic E-state index is 12.4. The number of halogens is 5. The summed E-state index contributed by atoms with van der Waals surface area (Å²) in [6.45, 7) is 0. The topological polar surface area (TPSA) is 0 Å². The van der Waals surface area contributed by atoms with Crippen molar-refractivity contribution >= 4 is 31.9 Å². The Kier molecular flexibility index (Phi) is 4.01. The van der Waals surface area contributed by atoms with Crippen molar-refractivity contribution in [3.05, 3.63) is 33.8 Å². The van der Waals surface area contributed by atoms with Crippen LogP contribution in [-0.2, 0) is 12.6 Å². The zero-order valence-corrected chi connectivity index (χ0v) is 10.2. The highest BCUT2D eigenvalue weighted by atomic mass is 79.9. The van der Waals surface area contributed by atoms with Gasteiger partial charge in [-0.3, -0.25) is 0 Å². The van der Waals surface area contributed by atoms with Crippen LogP contribution in [0.3, 0.4) is 0 Å². The van der Waals surface area contributed by atoms with Crippen LogP contribution in [0.2, 0.25) is 0 Å². The summed E-state index contributed by atoms with van der Waals surface area (Å²) in [5.41, 5.74) is 0.0633. The first-order valence-electron chi connectivity index (χ1n) is 3.86. The molecule has 0 spiro atoms. The molecule has 0 N–H and O–H groups in total. The third-order valence-electron chi connectivity index (χ3n) is 1.72. The SMILES string of the molecule is FC(F)(F)c1cc(CCBr)ccc1Br. The first-order valence-corrected chi connectivity index (χ1v) is 5.78. The Hall–Kier alpha value is -0.0300. The van der Waals surface area contributed by atoms with Crippen molar-refractivity contribution < 1.29 is 13.2 Å². The van der Waals surface area contributed by atoms with E-state index in [4.69, 9.17) is 0 Å². The van der Waals surface area contributed by atoms with Crippen LogP contribution < -0.4 is 0 Å². The van der Waals surface area contributed by atoms with Crippen molar-refractivity contribution in [3.8, 4) is 0 Å². The highest BCUT2D eigenvalue weighted by molar-refractivity contribution is 9.10. The van der Waals surface area contributed by atoms with E-state index in [0.29, 0.717) is 17.3 Å². The monoisotopic (exact) mass is 330 g/mol. The van der Waals surface area contributed by atoms with Gasteiger partial charge < -0.3 is 0 Å². The fourth-order valence-electron chi connectivity index (χ4n) is 1.05. The highest BCUT2D eigenvalue weighted by Gasteiger charge is 2.32. The molecule has 0 heterocycles. The minimum Gasteiger partial charge on any atom is -0.166 e. The van der Waals surface area contributed by atoms with Crippen LogP contribution in [0.15, 0.2) is 22.7 Å². The van der Waals surface area contributed by atoms with Gasteiger partial charge in [-0.1, -0.05) is 37.9 Å². The van der Waals surface area contributed by atoms with E-state index in [1.165, 1.54) is 12.1 Å². The molecule has 0 atom stereocenters. The molecule has 0 bridgehead atoms. The fraction of sp³-hybridized carbons (Fsp3) is 0.333. The first kappa shape index (κ1) is 12.0. The van der Waals surface area contributed by atoms with Gasteiger partial charge in [0.25, 0.3) is 0 Å². The number of rotatable bonds is 2. The van der Waals surface area contributed by atoms with E-state index in [-0.39, 0.29) is 4.47 Å². The van der Waals surface area contributed by atoms with Crippen LogP contribution >= 0.6 is 31.9 Å². The van der Waals surface area contributed by atoms with E-state index in [1.54, 1.807) is 6.07 Å². The summed E-state index contributed by atoms with van der Waals surface area (Å²) in [5.74, 6) is 0. The quantitative estimate of drug-likeness (QED) is 0.704. The molecule has 0 nitrogen and oxygen atoms in total. The van der Waals surface area contributed by atoms with Gasteiger partial charge in [0.1, 0.15) is 0 Å². The molecule has 0 fully saturated rings. The van der Waals surface area contributed by atoms with Crippen molar-refractivity contribution in [1.82, 2.24) is 0 Å².